The van der Waals surface area contributed by atoms with Crippen LogP contribution in [0.3, 0.4) is 0 Å². The van der Waals surface area contributed by atoms with Gasteiger partial charge < -0.3 is 23.7 Å². The molecule has 0 radical (unpaired) electrons. The van der Waals surface area contributed by atoms with Gasteiger partial charge in [0.2, 0.25) is 0 Å². The molecule has 0 saturated carbocycles. The number of amides is 2. The largest absolute Gasteiger partial charge is 0.453 e. The Balaban J connectivity index is 1.53. The Labute approximate surface area is 160 Å². The van der Waals surface area contributed by atoms with Crippen LogP contribution in [0.25, 0.3) is 0 Å². The third kappa shape index (κ3) is 4.81. The first-order chi connectivity index (χ1) is 13.1. The number of carbonyl (C=O) groups excluding carboxylic acids is 2. The Morgan fingerprint density at radius 2 is 1.93 bits per heavy atom. The molecular formula is C19H29N3O5. The minimum absolute atomic E-state index is 0.0628. The second-order valence-electron chi connectivity index (χ2n) is 6.97. The Bertz CT molecular complexity index is 639. The number of piperidine rings is 1. The van der Waals surface area contributed by atoms with Crippen LogP contribution in [0.5, 0.6) is 0 Å². The van der Waals surface area contributed by atoms with Gasteiger partial charge in [0.1, 0.15) is 12.4 Å². The highest BCUT2D eigenvalue weighted by Crippen LogP contribution is 2.21. The van der Waals surface area contributed by atoms with Crippen LogP contribution >= 0.6 is 0 Å². The van der Waals surface area contributed by atoms with E-state index in [9.17, 15) is 9.59 Å². The zero-order chi connectivity index (χ0) is 19.2. The summed E-state index contributed by atoms with van der Waals surface area (Å²) in [6.07, 6.45) is 1.80. The fourth-order valence-electron chi connectivity index (χ4n) is 3.79. The SMILES string of the molecule is CCOC(=O)N1CCN([C@H]2CCCN(C(=O)c3ccc(COC)o3)C2)CC1. The molecule has 0 unspecified atom stereocenters. The van der Waals surface area contributed by atoms with Gasteiger partial charge in [0.25, 0.3) is 5.91 Å². The van der Waals surface area contributed by atoms with E-state index in [-0.39, 0.29) is 12.0 Å². The number of carbonyl (C=O) groups is 2. The van der Waals surface area contributed by atoms with Gasteiger partial charge in [-0.1, -0.05) is 0 Å². The minimum Gasteiger partial charge on any atom is -0.453 e. The lowest BCUT2D eigenvalue weighted by Gasteiger charge is -2.42. The molecule has 8 nitrogen and oxygen atoms in total. The number of methoxy groups -OCH3 is 1. The van der Waals surface area contributed by atoms with E-state index >= 15 is 0 Å². The summed E-state index contributed by atoms with van der Waals surface area (Å²) in [4.78, 5) is 30.6. The molecule has 2 saturated heterocycles. The van der Waals surface area contributed by atoms with E-state index < -0.39 is 0 Å². The zero-order valence-electron chi connectivity index (χ0n) is 16.2. The third-order valence-corrected chi connectivity index (χ3v) is 5.20. The first-order valence-electron chi connectivity index (χ1n) is 9.65. The highest BCUT2D eigenvalue weighted by atomic mass is 16.6. The quantitative estimate of drug-likeness (QED) is 0.777. The lowest BCUT2D eigenvalue weighted by Crippen LogP contribution is -2.56. The smallest absolute Gasteiger partial charge is 0.409 e. The summed E-state index contributed by atoms with van der Waals surface area (Å²) in [7, 11) is 1.60. The van der Waals surface area contributed by atoms with Crippen LogP contribution in [-0.2, 0) is 16.1 Å². The second-order valence-corrected chi connectivity index (χ2v) is 6.97. The fourth-order valence-corrected chi connectivity index (χ4v) is 3.79. The van der Waals surface area contributed by atoms with Crippen molar-refractivity contribution in [2.24, 2.45) is 0 Å². The summed E-state index contributed by atoms with van der Waals surface area (Å²) in [5.74, 6) is 0.964. The van der Waals surface area contributed by atoms with Gasteiger partial charge >= 0.3 is 6.09 Å². The van der Waals surface area contributed by atoms with Crippen LogP contribution in [0.4, 0.5) is 4.79 Å². The monoisotopic (exact) mass is 379 g/mol. The van der Waals surface area contributed by atoms with Gasteiger partial charge in [0.15, 0.2) is 5.76 Å². The van der Waals surface area contributed by atoms with Crippen molar-refractivity contribution >= 4 is 12.0 Å². The zero-order valence-corrected chi connectivity index (χ0v) is 16.2. The molecule has 150 valence electrons. The number of piperazine rings is 1. The molecule has 0 N–H and O–H groups in total. The molecule has 1 atom stereocenters. The highest BCUT2D eigenvalue weighted by molar-refractivity contribution is 5.91. The number of ether oxygens (including phenoxy) is 2. The Morgan fingerprint density at radius 1 is 1.15 bits per heavy atom. The molecule has 2 aliphatic heterocycles. The summed E-state index contributed by atoms with van der Waals surface area (Å²) in [6, 6.07) is 3.83. The number of nitrogens with zero attached hydrogens (tertiary/aromatic N) is 3. The van der Waals surface area contributed by atoms with Crippen molar-refractivity contribution in [1.29, 1.82) is 0 Å². The Hall–Kier alpha value is -2.06. The van der Waals surface area contributed by atoms with Crippen LogP contribution in [0.1, 0.15) is 36.1 Å². The summed E-state index contributed by atoms with van der Waals surface area (Å²) < 4.78 is 15.7. The van der Waals surface area contributed by atoms with Gasteiger partial charge in [-0.2, -0.15) is 0 Å². The number of likely N-dealkylation sites (tertiary alicyclic amines) is 1. The molecule has 0 aliphatic carbocycles. The van der Waals surface area contributed by atoms with E-state index in [2.05, 4.69) is 4.90 Å². The lowest BCUT2D eigenvalue weighted by atomic mass is 10.0. The van der Waals surface area contributed by atoms with Crippen molar-refractivity contribution in [3.63, 3.8) is 0 Å². The number of hydrogen-bond donors (Lipinski definition) is 0. The van der Waals surface area contributed by atoms with Gasteiger partial charge in [-0.05, 0) is 31.9 Å². The van der Waals surface area contributed by atoms with Crippen LogP contribution in [0.15, 0.2) is 16.5 Å². The van der Waals surface area contributed by atoms with Crippen molar-refractivity contribution in [2.45, 2.75) is 32.4 Å². The maximum absolute atomic E-state index is 12.8. The van der Waals surface area contributed by atoms with Crippen LogP contribution in [0.2, 0.25) is 0 Å². The first-order valence-corrected chi connectivity index (χ1v) is 9.65. The van der Waals surface area contributed by atoms with E-state index in [0.29, 0.717) is 50.4 Å². The van der Waals surface area contributed by atoms with E-state index in [1.54, 1.807) is 24.1 Å². The predicted molar refractivity (Wildman–Crippen MR) is 98.5 cm³/mol. The lowest BCUT2D eigenvalue weighted by molar-refractivity contribution is 0.0361. The van der Waals surface area contributed by atoms with E-state index in [1.165, 1.54) is 0 Å². The van der Waals surface area contributed by atoms with Crippen molar-refractivity contribution < 1.29 is 23.5 Å². The van der Waals surface area contributed by atoms with Crippen LogP contribution in [-0.4, -0.2) is 85.7 Å². The van der Waals surface area contributed by atoms with Gasteiger partial charge in [0, 0.05) is 52.4 Å². The Morgan fingerprint density at radius 3 is 2.63 bits per heavy atom. The standard InChI is InChI=1S/C19H29N3O5/c1-3-26-19(24)21-11-9-20(10-12-21)15-5-4-8-22(13-15)18(23)17-7-6-16(27-17)14-25-2/h6-7,15H,3-5,8-14H2,1-2H3/t15-/m0/s1. The van der Waals surface area contributed by atoms with Gasteiger partial charge in [-0.3, -0.25) is 9.69 Å². The van der Waals surface area contributed by atoms with E-state index in [1.807, 2.05) is 11.8 Å². The van der Waals surface area contributed by atoms with Gasteiger partial charge in [-0.15, -0.1) is 0 Å². The molecule has 2 fully saturated rings. The predicted octanol–water partition coefficient (Wildman–Crippen LogP) is 1.80. The average molecular weight is 379 g/mol. The molecule has 1 aromatic heterocycles. The molecule has 1 aromatic rings. The van der Waals surface area contributed by atoms with E-state index in [0.717, 1.165) is 32.5 Å². The summed E-state index contributed by atoms with van der Waals surface area (Å²) in [5, 5.41) is 0. The highest BCUT2D eigenvalue weighted by Gasteiger charge is 2.32. The van der Waals surface area contributed by atoms with Crippen molar-refractivity contribution in [3.05, 3.63) is 23.7 Å². The van der Waals surface area contributed by atoms with Crippen molar-refractivity contribution in [1.82, 2.24) is 14.7 Å². The summed E-state index contributed by atoms with van der Waals surface area (Å²) in [5.41, 5.74) is 0. The van der Waals surface area contributed by atoms with Crippen LogP contribution < -0.4 is 0 Å². The van der Waals surface area contributed by atoms with Gasteiger partial charge in [0.05, 0.1) is 6.61 Å². The molecule has 0 spiro atoms. The molecule has 2 amide bonds. The third-order valence-electron chi connectivity index (χ3n) is 5.20. The summed E-state index contributed by atoms with van der Waals surface area (Å²) in [6.45, 7) is 6.98. The Kier molecular flexibility index (Phi) is 6.73. The van der Waals surface area contributed by atoms with Crippen LogP contribution in [0, 0.1) is 0 Å². The van der Waals surface area contributed by atoms with E-state index in [4.69, 9.17) is 13.9 Å². The molecule has 3 heterocycles. The van der Waals surface area contributed by atoms with Gasteiger partial charge in [-0.25, -0.2) is 4.79 Å². The average Bonchev–Trinajstić information content (AvgIpc) is 3.17. The normalized spacial score (nSPS) is 21.3. The maximum atomic E-state index is 12.8. The molecule has 8 heteroatoms. The number of hydrogen-bond acceptors (Lipinski definition) is 6. The second kappa shape index (κ2) is 9.23. The molecule has 3 rings (SSSR count). The minimum atomic E-state index is -0.234. The molecule has 2 aliphatic rings. The number of rotatable bonds is 5. The topological polar surface area (TPSA) is 75.5 Å². The molecule has 27 heavy (non-hydrogen) atoms. The fraction of sp³-hybridized carbons (Fsp3) is 0.684. The molecular weight excluding hydrogens is 350 g/mol. The molecule has 0 bridgehead atoms. The van der Waals surface area contributed by atoms with Crippen molar-refractivity contribution in [2.75, 3.05) is 53.0 Å². The number of furan rings is 1. The molecule has 0 aromatic carbocycles. The van der Waals surface area contributed by atoms with Crippen molar-refractivity contribution in [3.8, 4) is 0 Å². The maximum Gasteiger partial charge on any atom is 0.409 e. The first kappa shape index (κ1) is 19.7. The summed E-state index contributed by atoms with van der Waals surface area (Å²) >= 11 is 0.